The maximum Gasteiger partial charge on any atom is 0.249 e. The molecule has 1 unspecified atom stereocenters. The molecule has 9 nitrogen and oxygen atoms in total. The van der Waals surface area contributed by atoms with E-state index in [2.05, 4.69) is 49.4 Å². The summed E-state index contributed by atoms with van der Waals surface area (Å²) in [5, 5.41) is 12.9. The predicted octanol–water partition coefficient (Wildman–Crippen LogP) is 4.07. The van der Waals surface area contributed by atoms with Crippen molar-refractivity contribution < 1.29 is 4.52 Å². The van der Waals surface area contributed by atoms with Gasteiger partial charge in [0.05, 0.1) is 17.3 Å². The summed E-state index contributed by atoms with van der Waals surface area (Å²) in [5.74, 6) is 1.84. The number of hydrogen-bond acceptors (Lipinski definition) is 8. The Morgan fingerprint density at radius 1 is 1.00 bits per heavy atom. The molecule has 9 heteroatoms. The number of hydrogen-bond donors (Lipinski definition) is 1. The molecule has 0 spiro atoms. The largest absolute Gasteiger partial charge is 0.357 e. The molecule has 5 rings (SSSR count). The maximum absolute atomic E-state index is 5.59. The summed E-state index contributed by atoms with van der Waals surface area (Å²) in [6.45, 7) is 4.17. The fourth-order valence-corrected chi connectivity index (χ4v) is 3.36. The Kier molecular flexibility index (Phi) is 4.83. The molecular weight excluding hydrogens is 392 g/mol. The lowest BCUT2D eigenvalue weighted by Gasteiger charge is -2.19. The quantitative estimate of drug-likeness (QED) is 0.445. The van der Waals surface area contributed by atoms with Gasteiger partial charge in [0.1, 0.15) is 18.2 Å². The molecule has 0 radical (unpaired) electrons. The van der Waals surface area contributed by atoms with E-state index < -0.39 is 0 Å². The second kappa shape index (κ2) is 7.94. The number of pyridine rings is 1. The Bertz CT molecular complexity index is 1300. The maximum atomic E-state index is 5.59. The van der Waals surface area contributed by atoms with Crippen molar-refractivity contribution in [3.05, 3.63) is 73.3 Å². The Morgan fingerprint density at radius 2 is 1.81 bits per heavy atom. The van der Waals surface area contributed by atoms with Gasteiger partial charge in [-0.3, -0.25) is 4.98 Å². The zero-order chi connectivity index (χ0) is 21.2. The monoisotopic (exact) mass is 412 g/mol. The fraction of sp³-hybridized carbons (Fsp3) is 0.182. The molecule has 31 heavy (non-hydrogen) atoms. The van der Waals surface area contributed by atoms with E-state index in [1.807, 2.05) is 42.5 Å². The summed E-state index contributed by atoms with van der Waals surface area (Å²) in [6, 6.07) is 13.3. The van der Waals surface area contributed by atoms with E-state index in [1.54, 1.807) is 23.3 Å². The topological polar surface area (TPSA) is 107 Å². The first-order valence-electron chi connectivity index (χ1n) is 9.95. The molecular formula is C22H20N8O. The van der Waals surface area contributed by atoms with Crippen LogP contribution in [0.25, 0.3) is 28.1 Å². The molecule has 0 amide bonds. The normalized spacial score (nSPS) is 12.4. The molecule has 1 aromatic carbocycles. The van der Waals surface area contributed by atoms with Crippen LogP contribution in [0.4, 0.5) is 5.82 Å². The molecule has 0 saturated carbocycles. The zero-order valence-electron chi connectivity index (χ0n) is 17.0. The van der Waals surface area contributed by atoms with Gasteiger partial charge in [-0.2, -0.15) is 10.1 Å². The van der Waals surface area contributed by atoms with Crippen molar-refractivity contribution in [3.63, 3.8) is 0 Å². The Hall–Kier alpha value is -4.14. The van der Waals surface area contributed by atoms with Crippen LogP contribution < -0.4 is 5.32 Å². The number of rotatable bonds is 6. The summed E-state index contributed by atoms with van der Waals surface area (Å²) >= 11 is 0. The van der Waals surface area contributed by atoms with Crippen molar-refractivity contribution in [2.24, 2.45) is 5.92 Å². The third-order valence-corrected chi connectivity index (χ3v) is 4.97. The molecule has 0 aliphatic carbocycles. The predicted molar refractivity (Wildman–Crippen MR) is 115 cm³/mol. The first-order chi connectivity index (χ1) is 15.2. The lowest BCUT2D eigenvalue weighted by molar-refractivity contribution is 0.336. The van der Waals surface area contributed by atoms with Crippen molar-refractivity contribution in [2.45, 2.75) is 19.9 Å². The molecule has 1 N–H and O–H groups in total. The van der Waals surface area contributed by atoms with Crippen LogP contribution in [0, 0.1) is 5.92 Å². The summed E-state index contributed by atoms with van der Waals surface area (Å²) in [4.78, 5) is 17.5. The lowest BCUT2D eigenvalue weighted by Crippen LogP contribution is -2.18. The van der Waals surface area contributed by atoms with Crippen LogP contribution in [0.1, 0.15) is 25.8 Å². The highest BCUT2D eigenvalue weighted by molar-refractivity contribution is 5.87. The number of para-hydroxylation sites is 1. The highest BCUT2D eigenvalue weighted by Gasteiger charge is 2.25. The van der Waals surface area contributed by atoms with Gasteiger partial charge in [-0.25, -0.2) is 14.6 Å². The molecule has 0 aliphatic rings. The van der Waals surface area contributed by atoms with Crippen LogP contribution >= 0.6 is 0 Å². The summed E-state index contributed by atoms with van der Waals surface area (Å²) in [7, 11) is 0. The second-order valence-corrected chi connectivity index (χ2v) is 7.41. The van der Waals surface area contributed by atoms with Crippen molar-refractivity contribution in [2.75, 3.05) is 5.32 Å². The van der Waals surface area contributed by atoms with Crippen molar-refractivity contribution >= 4 is 16.9 Å². The average Bonchev–Trinajstić information content (AvgIpc) is 3.46. The Balaban J connectivity index is 1.49. The van der Waals surface area contributed by atoms with Crippen molar-refractivity contribution in [3.8, 4) is 17.1 Å². The van der Waals surface area contributed by atoms with Crippen LogP contribution in [0.2, 0.25) is 0 Å². The van der Waals surface area contributed by atoms with Crippen molar-refractivity contribution in [1.29, 1.82) is 0 Å². The average molecular weight is 412 g/mol. The molecule has 4 aromatic heterocycles. The van der Waals surface area contributed by atoms with Crippen LogP contribution in [-0.4, -0.2) is 34.9 Å². The Labute approximate surface area is 178 Å². The van der Waals surface area contributed by atoms with E-state index in [9.17, 15) is 0 Å². The van der Waals surface area contributed by atoms with Crippen LogP contribution in [0.3, 0.4) is 0 Å². The minimum Gasteiger partial charge on any atom is -0.357 e. The van der Waals surface area contributed by atoms with Gasteiger partial charge in [0, 0.05) is 18.0 Å². The van der Waals surface area contributed by atoms with Gasteiger partial charge in [-0.15, -0.1) is 0 Å². The van der Waals surface area contributed by atoms with E-state index in [1.165, 1.54) is 6.33 Å². The number of anilines is 1. The Morgan fingerprint density at radius 3 is 2.58 bits per heavy atom. The second-order valence-electron chi connectivity index (χ2n) is 7.41. The SMILES string of the molecule is CC(C)C(Nc1ncnc2c1cnn2-c1ccccc1)c1nc(-c2ccncc2)no1. The highest BCUT2D eigenvalue weighted by Crippen LogP contribution is 2.29. The first-order valence-corrected chi connectivity index (χ1v) is 9.95. The zero-order valence-corrected chi connectivity index (χ0v) is 17.0. The highest BCUT2D eigenvalue weighted by atomic mass is 16.5. The summed E-state index contributed by atoms with van der Waals surface area (Å²) in [5.41, 5.74) is 2.50. The van der Waals surface area contributed by atoms with E-state index in [-0.39, 0.29) is 12.0 Å². The molecule has 0 fully saturated rings. The number of fused-ring (bicyclic) bond motifs is 1. The molecule has 4 heterocycles. The van der Waals surface area contributed by atoms with E-state index in [0.29, 0.717) is 23.2 Å². The van der Waals surface area contributed by atoms with Crippen LogP contribution in [0.15, 0.2) is 71.9 Å². The number of aromatic nitrogens is 7. The van der Waals surface area contributed by atoms with Gasteiger partial charge in [0.2, 0.25) is 11.7 Å². The van der Waals surface area contributed by atoms with Crippen LogP contribution in [-0.2, 0) is 0 Å². The fourth-order valence-electron chi connectivity index (χ4n) is 3.36. The minimum absolute atomic E-state index is 0.167. The third-order valence-electron chi connectivity index (χ3n) is 4.97. The minimum atomic E-state index is -0.235. The molecule has 0 aliphatic heterocycles. The molecule has 0 saturated heterocycles. The summed E-state index contributed by atoms with van der Waals surface area (Å²) < 4.78 is 7.39. The molecule has 0 bridgehead atoms. The lowest BCUT2D eigenvalue weighted by atomic mass is 10.0. The van der Waals surface area contributed by atoms with Crippen LogP contribution in [0.5, 0.6) is 0 Å². The number of nitrogens with one attached hydrogen (secondary N) is 1. The van der Waals surface area contributed by atoms with Gasteiger partial charge >= 0.3 is 0 Å². The van der Waals surface area contributed by atoms with E-state index >= 15 is 0 Å². The van der Waals surface area contributed by atoms with Gasteiger partial charge < -0.3 is 9.84 Å². The number of benzene rings is 1. The molecule has 154 valence electrons. The standard InChI is InChI=1S/C22H20N8O/c1-14(2)18(22-28-19(29-31-22)15-8-10-23-11-9-15)27-20-17-12-26-30(21(17)25-13-24-20)16-6-4-3-5-7-16/h3-14,18H,1-2H3,(H,24,25,27). The molecule has 1 atom stereocenters. The van der Waals surface area contributed by atoms with Crippen molar-refractivity contribution in [1.82, 2.24) is 34.9 Å². The first kappa shape index (κ1) is 18.9. The van der Waals surface area contributed by atoms with Gasteiger partial charge in [-0.05, 0) is 30.2 Å². The van der Waals surface area contributed by atoms with Gasteiger partial charge in [0.15, 0.2) is 5.65 Å². The summed E-state index contributed by atoms with van der Waals surface area (Å²) in [6.07, 6.45) is 6.69. The van der Waals surface area contributed by atoms with Gasteiger partial charge in [0.25, 0.3) is 0 Å². The van der Waals surface area contributed by atoms with E-state index in [0.717, 1.165) is 16.6 Å². The smallest absolute Gasteiger partial charge is 0.249 e. The van der Waals surface area contributed by atoms with E-state index in [4.69, 9.17) is 4.52 Å². The molecule has 5 aromatic rings. The third kappa shape index (κ3) is 3.61. The van der Waals surface area contributed by atoms with Gasteiger partial charge in [-0.1, -0.05) is 37.2 Å². The number of nitrogens with zero attached hydrogens (tertiary/aromatic N) is 7.